The van der Waals surface area contributed by atoms with Gasteiger partial charge in [-0.3, -0.25) is 4.68 Å². The van der Waals surface area contributed by atoms with Crippen LogP contribution in [0.1, 0.15) is 18.2 Å². The largest absolute Gasteiger partial charge is 0.382 e. The van der Waals surface area contributed by atoms with E-state index in [-0.39, 0.29) is 17.5 Å². The Morgan fingerprint density at radius 2 is 2.36 bits per heavy atom. The molecule has 1 atom stereocenters. The number of anilines is 1. The summed E-state index contributed by atoms with van der Waals surface area (Å²) in [5.74, 6) is 0.901. The van der Waals surface area contributed by atoms with Crippen LogP contribution in [0.15, 0.2) is 6.07 Å². The third-order valence-electron chi connectivity index (χ3n) is 2.50. The van der Waals surface area contributed by atoms with Crippen molar-refractivity contribution < 1.29 is 8.42 Å². The number of nitrogen functional groups attached to an aromatic ring is 1. The maximum absolute atomic E-state index is 11.3. The summed E-state index contributed by atoms with van der Waals surface area (Å²) in [6.45, 7) is 1.88. The maximum atomic E-state index is 11.3. The molecule has 0 aromatic carbocycles. The summed E-state index contributed by atoms with van der Waals surface area (Å²) in [5.41, 5.74) is 6.45. The number of nitrogens with zero attached hydrogens (tertiary/aromatic N) is 2. The topological polar surface area (TPSA) is 78.0 Å². The van der Waals surface area contributed by atoms with Gasteiger partial charge in [-0.05, 0) is 13.3 Å². The molecule has 0 aliphatic carbocycles. The van der Waals surface area contributed by atoms with E-state index in [1.165, 1.54) is 0 Å². The highest BCUT2D eigenvalue weighted by molar-refractivity contribution is 7.91. The quantitative estimate of drug-likeness (QED) is 0.722. The summed E-state index contributed by atoms with van der Waals surface area (Å²) >= 11 is 0. The molecule has 0 spiro atoms. The number of sulfone groups is 1. The lowest BCUT2D eigenvalue weighted by atomic mass is 10.2. The number of rotatable bonds is 1. The van der Waals surface area contributed by atoms with Gasteiger partial charge in [0, 0.05) is 11.8 Å². The van der Waals surface area contributed by atoms with Crippen molar-refractivity contribution in [1.82, 2.24) is 9.78 Å². The summed E-state index contributed by atoms with van der Waals surface area (Å²) in [6, 6.07) is 1.72. The molecule has 1 saturated heterocycles. The molecule has 1 aromatic rings. The molecule has 0 amide bonds. The molecule has 6 heteroatoms. The normalized spacial score (nSPS) is 25.4. The first-order valence-electron chi connectivity index (χ1n) is 4.50. The fourth-order valence-electron chi connectivity index (χ4n) is 1.85. The zero-order valence-corrected chi connectivity index (χ0v) is 8.79. The van der Waals surface area contributed by atoms with E-state index in [1.807, 2.05) is 6.92 Å². The van der Waals surface area contributed by atoms with Gasteiger partial charge in [0.05, 0.1) is 17.5 Å². The van der Waals surface area contributed by atoms with Crippen molar-refractivity contribution in [3.8, 4) is 0 Å². The molecule has 78 valence electrons. The summed E-state index contributed by atoms with van der Waals surface area (Å²) in [6.07, 6.45) is 0.643. The minimum Gasteiger partial charge on any atom is -0.382 e. The lowest BCUT2D eigenvalue weighted by Gasteiger charge is -2.09. The highest BCUT2D eigenvalue weighted by atomic mass is 32.2. The predicted octanol–water partition coefficient (Wildman–Crippen LogP) is 0.133. The van der Waals surface area contributed by atoms with Gasteiger partial charge in [0.2, 0.25) is 0 Å². The molecule has 5 nitrogen and oxygen atoms in total. The van der Waals surface area contributed by atoms with Gasteiger partial charge in [-0.2, -0.15) is 5.10 Å². The highest BCUT2D eigenvalue weighted by Gasteiger charge is 2.30. The van der Waals surface area contributed by atoms with E-state index < -0.39 is 9.84 Å². The SMILES string of the molecule is Cc1cc(N)nn1[C@H]1CCS(=O)(=O)C1. The van der Waals surface area contributed by atoms with E-state index in [0.29, 0.717) is 12.2 Å². The third-order valence-corrected chi connectivity index (χ3v) is 4.25. The van der Waals surface area contributed by atoms with Crippen LogP contribution in [0.25, 0.3) is 0 Å². The average Bonchev–Trinajstić information content (AvgIpc) is 2.55. The molecule has 2 heterocycles. The molecular formula is C8H13N3O2S. The molecule has 14 heavy (non-hydrogen) atoms. The second-order valence-electron chi connectivity index (χ2n) is 3.71. The summed E-state index contributed by atoms with van der Waals surface area (Å²) in [7, 11) is -2.85. The van der Waals surface area contributed by atoms with E-state index in [9.17, 15) is 8.42 Å². The van der Waals surface area contributed by atoms with Crippen LogP contribution < -0.4 is 5.73 Å². The molecule has 1 fully saturated rings. The second kappa shape index (κ2) is 2.98. The minimum atomic E-state index is -2.85. The molecule has 2 rings (SSSR count). The highest BCUT2D eigenvalue weighted by Crippen LogP contribution is 2.24. The minimum absolute atomic E-state index is 0.0303. The summed E-state index contributed by atoms with van der Waals surface area (Å²) in [4.78, 5) is 0. The Hall–Kier alpha value is -1.04. The fraction of sp³-hybridized carbons (Fsp3) is 0.625. The maximum Gasteiger partial charge on any atom is 0.152 e. The Morgan fingerprint density at radius 3 is 2.79 bits per heavy atom. The number of hydrogen-bond donors (Lipinski definition) is 1. The van der Waals surface area contributed by atoms with Gasteiger partial charge in [-0.25, -0.2) is 8.42 Å². The number of aromatic nitrogens is 2. The molecule has 1 aliphatic heterocycles. The first-order valence-corrected chi connectivity index (χ1v) is 6.32. The van der Waals surface area contributed by atoms with Crippen molar-refractivity contribution in [2.24, 2.45) is 0 Å². The van der Waals surface area contributed by atoms with Crippen molar-refractivity contribution in [3.05, 3.63) is 11.8 Å². The van der Waals surface area contributed by atoms with E-state index in [2.05, 4.69) is 5.10 Å². The smallest absolute Gasteiger partial charge is 0.152 e. The van der Waals surface area contributed by atoms with E-state index >= 15 is 0 Å². The zero-order chi connectivity index (χ0) is 10.3. The van der Waals surface area contributed by atoms with Crippen molar-refractivity contribution in [2.45, 2.75) is 19.4 Å². The lowest BCUT2D eigenvalue weighted by Crippen LogP contribution is -2.13. The van der Waals surface area contributed by atoms with Crippen LogP contribution >= 0.6 is 0 Å². The van der Waals surface area contributed by atoms with Gasteiger partial charge in [-0.1, -0.05) is 0 Å². The molecule has 0 radical (unpaired) electrons. The van der Waals surface area contributed by atoms with Gasteiger partial charge < -0.3 is 5.73 Å². The number of hydrogen-bond acceptors (Lipinski definition) is 4. The molecule has 1 aliphatic rings. The van der Waals surface area contributed by atoms with Gasteiger partial charge in [0.1, 0.15) is 5.82 Å². The molecule has 0 bridgehead atoms. The van der Waals surface area contributed by atoms with Gasteiger partial charge in [0.25, 0.3) is 0 Å². The van der Waals surface area contributed by atoms with Crippen LogP contribution in [0.3, 0.4) is 0 Å². The van der Waals surface area contributed by atoms with Crippen molar-refractivity contribution >= 4 is 15.7 Å². The molecule has 2 N–H and O–H groups in total. The van der Waals surface area contributed by atoms with Crippen LogP contribution in [0.4, 0.5) is 5.82 Å². The lowest BCUT2D eigenvalue weighted by molar-refractivity contribution is 0.490. The second-order valence-corrected chi connectivity index (χ2v) is 5.94. The van der Waals surface area contributed by atoms with Crippen LogP contribution in [-0.4, -0.2) is 29.7 Å². The molecule has 0 unspecified atom stereocenters. The van der Waals surface area contributed by atoms with E-state index in [0.717, 1.165) is 5.69 Å². The Bertz CT molecular complexity index is 449. The Morgan fingerprint density at radius 1 is 1.64 bits per heavy atom. The van der Waals surface area contributed by atoms with Crippen LogP contribution in [0, 0.1) is 6.92 Å². The van der Waals surface area contributed by atoms with Gasteiger partial charge >= 0.3 is 0 Å². The van der Waals surface area contributed by atoms with Gasteiger partial charge in [0.15, 0.2) is 9.84 Å². The first-order chi connectivity index (χ1) is 6.48. The van der Waals surface area contributed by atoms with Crippen LogP contribution in [0.5, 0.6) is 0 Å². The zero-order valence-electron chi connectivity index (χ0n) is 7.97. The molecular weight excluding hydrogens is 202 g/mol. The third kappa shape index (κ3) is 1.61. The van der Waals surface area contributed by atoms with Crippen LogP contribution in [-0.2, 0) is 9.84 Å². The van der Waals surface area contributed by atoms with Gasteiger partial charge in [-0.15, -0.1) is 0 Å². The Kier molecular flexibility index (Phi) is 2.02. The molecule has 1 aromatic heterocycles. The van der Waals surface area contributed by atoms with Crippen molar-refractivity contribution in [1.29, 1.82) is 0 Å². The fourth-order valence-corrected chi connectivity index (χ4v) is 3.54. The number of nitrogens with two attached hydrogens (primary N) is 1. The summed E-state index contributed by atoms with van der Waals surface area (Å²) < 4.78 is 24.2. The van der Waals surface area contributed by atoms with E-state index in [1.54, 1.807) is 10.7 Å². The number of aryl methyl sites for hydroxylation is 1. The summed E-state index contributed by atoms with van der Waals surface area (Å²) in [5, 5.41) is 4.09. The average molecular weight is 215 g/mol. The van der Waals surface area contributed by atoms with Crippen molar-refractivity contribution in [3.63, 3.8) is 0 Å². The standard InChI is InChI=1S/C8H13N3O2S/c1-6-4-8(9)10-11(6)7-2-3-14(12,13)5-7/h4,7H,2-3,5H2,1H3,(H2,9,10)/t7-/m0/s1. The Labute approximate surface area is 82.8 Å². The Balaban J connectivity index is 2.30. The van der Waals surface area contributed by atoms with E-state index in [4.69, 9.17) is 5.73 Å². The van der Waals surface area contributed by atoms with Crippen molar-refractivity contribution in [2.75, 3.05) is 17.2 Å². The van der Waals surface area contributed by atoms with Crippen LogP contribution in [0.2, 0.25) is 0 Å². The first kappa shape index (κ1) is 9.51. The molecule has 0 saturated carbocycles. The predicted molar refractivity (Wildman–Crippen MR) is 53.7 cm³/mol. The monoisotopic (exact) mass is 215 g/mol.